The summed E-state index contributed by atoms with van der Waals surface area (Å²) in [5.74, 6) is 0.109. The topological polar surface area (TPSA) is 38.1 Å². The maximum Gasteiger partial charge on any atom is 0.257 e. The van der Waals surface area contributed by atoms with Gasteiger partial charge in [0, 0.05) is 13.0 Å². The number of carbonyl (C=O) groups excluding carboxylic acids is 1. The van der Waals surface area contributed by atoms with Crippen molar-refractivity contribution in [2.45, 2.75) is 18.9 Å². The zero-order valence-corrected chi connectivity index (χ0v) is 13.2. The van der Waals surface area contributed by atoms with Crippen molar-refractivity contribution in [2.24, 2.45) is 0 Å². The van der Waals surface area contributed by atoms with E-state index in [0.29, 0.717) is 0 Å². The summed E-state index contributed by atoms with van der Waals surface area (Å²) in [6.45, 7) is 0.788. The number of para-hydroxylation sites is 1. The Hall–Kier alpha value is -2.88. The van der Waals surface area contributed by atoms with E-state index in [1.54, 1.807) is 6.20 Å². The zero-order valence-electron chi connectivity index (χ0n) is 13.2. The van der Waals surface area contributed by atoms with Crippen LogP contribution in [0.3, 0.4) is 0 Å². The molecule has 2 aromatic carbocycles. The second kappa shape index (κ2) is 5.06. The number of hydrogen-bond acceptors (Lipinski definition) is 2. The number of amides is 1. The van der Waals surface area contributed by atoms with E-state index in [0.717, 1.165) is 36.3 Å². The fraction of sp³-hybridized carbons (Fsp3) is 0.200. The molecule has 0 spiro atoms. The first-order chi connectivity index (χ1) is 11.8. The van der Waals surface area contributed by atoms with Crippen LogP contribution in [0.15, 0.2) is 60.8 Å². The van der Waals surface area contributed by atoms with Crippen LogP contribution in [0.4, 0.5) is 0 Å². The van der Waals surface area contributed by atoms with Gasteiger partial charge in [-0.3, -0.25) is 4.79 Å². The van der Waals surface area contributed by atoms with Crippen LogP contribution >= 0.6 is 0 Å². The number of carbonyl (C=O) groups is 1. The minimum absolute atomic E-state index is 0.109. The Bertz CT molecular complexity index is 929. The Labute approximate surface area is 140 Å². The highest BCUT2D eigenvalue weighted by Crippen LogP contribution is 2.38. The largest absolute Gasteiger partial charge is 0.331 e. The molecular weight excluding hydrogens is 298 g/mol. The maximum atomic E-state index is 13.0. The van der Waals surface area contributed by atoms with E-state index in [9.17, 15) is 4.79 Å². The molecular formula is C20H17N3O. The van der Waals surface area contributed by atoms with E-state index in [1.165, 1.54) is 11.1 Å². The van der Waals surface area contributed by atoms with Crippen molar-refractivity contribution in [2.75, 3.05) is 6.54 Å². The maximum absolute atomic E-state index is 13.0. The van der Waals surface area contributed by atoms with Crippen LogP contribution in [-0.2, 0) is 12.8 Å². The van der Waals surface area contributed by atoms with Crippen molar-refractivity contribution in [3.63, 3.8) is 0 Å². The molecule has 1 aromatic heterocycles. The summed E-state index contributed by atoms with van der Waals surface area (Å²) < 4.78 is 1.92. The Morgan fingerprint density at radius 2 is 1.79 bits per heavy atom. The molecule has 24 heavy (non-hydrogen) atoms. The van der Waals surface area contributed by atoms with Crippen molar-refractivity contribution < 1.29 is 4.79 Å². The summed E-state index contributed by atoms with van der Waals surface area (Å²) in [5, 5.41) is 4.50. The molecule has 118 valence electrons. The summed E-state index contributed by atoms with van der Waals surface area (Å²) in [7, 11) is 0. The van der Waals surface area contributed by atoms with Crippen LogP contribution in [-0.4, -0.2) is 27.1 Å². The third kappa shape index (κ3) is 1.86. The molecule has 3 aromatic rings. The van der Waals surface area contributed by atoms with Crippen LogP contribution in [0, 0.1) is 0 Å². The lowest BCUT2D eigenvalue weighted by molar-refractivity contribution is 0.0629. The third-order valence-corrected chi connectivity index (χ3v) is 5.16. The van der Waals surface area contributed by atoms with Gasteiger partial charge in [-0.25, -0.2) is 4.68 Å². The van der Waals surface area contributed by atoms with Gasteiger partial charge in [0.15, 0.2) is 0 Å². The predicted octanol–water partition coefficient (Wildman–Crippen LogP) is 3.17. The van der Waals surface area contributed by atoms with E-state index in [2.05, 4.69) is 29.4 Å². The number of rotatable bonds is 1. The number of benzene rings is 2. The molecule has 0 unspecified atom stereocenters. The van der Waals surface area contributed by atoms with Crippen LogP contribution in [0.1, 0.15) is 33.2 Å². The molecule has 2 aliphatic rings. The first-order valence-corrected chi connectivity index (χ1v) is 8.34. The van der Waals surface area contributed by atoms with Crippen molar-refractivity contribution in [3.8, 4) is 5.69 Å². The van der Waals surface area contributed by atoms with Gasteiger partial charge in [0.2, 0.25) is 0 Å². The van der Waals surface area contributed by atoms with E-state index < -0.39 is 0 Å². The molecule has 5 rings (SSSR count). The van der Waals surface area contributed by atoms with Gasteiger partial charge in [0.05, 0.1) is 29.2 Å². The molecule has 4 heteroatoms. The monoisotopic (exact) mass is 315 g/mol. The summed E-state index contributed by atoms with van der Waals surface area (Å²) in [6.07, 6.45) is 3.47. The molecule has 1 atom stereocenters. The Kier molecular flexibility index (Phi) is 2.86. The average Bonchev–Trinajstić information content (AvgIpc) is 3.07. The smallest absolute Gasteiger partial charge is 0.257 e. The predicted molar refractivity (Wildman–Crippen MR) is 91.2 cm³/mol. The molecule has 0 radical (unpaired) electrons. The van der Waals surface area contributed by atoms with Crippen LogP contribution in [0.2, 0.25) is 0 Å². The number of aromatic nitrogens is 2. The highest BCUT2D eigenvalue weighted by Gasteiger charge is 2.38. The van der Waals surface area contributed by atoms with Crippen LogP contribution in [0.25, 0.3) is 5.69 Å². The Morgan fingerprint density at radius 3 is 2.67 bits per heavy atom. The zero-order chi connectivity index (χ0) is 16.1. The van der Waals surface area contributed by atoms with Gasteiger partial charge in [-0.2, -0.15) is 5.10 Å². The number of nitrogens with zero attached hydrogens (tertiary/aromatic N) is 3. The molecule has 0 bridgehead atoms. The van der Waals surface area contributed by atoms with E-state index in [1.807, 2.05) is 39.9 Å². The fourth-order valence-corrected chi connectivity index (χ4v) is 3.99. The minimum atomic E-state index is 0.109. The molecule has 1 amide bonds. The van der Waals surface area contributed by atoms with Crippen molar-refractivity contribution in [1.29, 1.82) is 0 Å². The van der Waals surface area contributed by atoms with E-state index >= 15 is 0 Å². The molecule has 2 aliphatic heterocycles. The minimum Gasteiger partial charge on any atom is -0.331 e. The normalized spacial score (nSPS) is 18.8. The Balaban J connectivity index is 1.64. The molecule has 0 saturated carbocycles. The van der Waals surface area contributed by atoms with Crippen LogP contribution < -0.4 is 0 Å². The first kappa shape index (κ1) is 13.5. The van der Waals surface area contributed by atoms with Gasteiger partial charge >= 0.3 is 0 Å². The fourth-order valence-electron chi connectivity index (χ4n) is 3.99. The number of fused-ring (bicyclic) bond motifs is 4. The van der Waals surface area contributed by atoms with Crippen molar-refractivity contribution in [1.82, 2.24) is 14.7 Å². The SMILES string of the molecule is O=C1c2cnn(-c3ccccc3)c2C[C@@H]2c3ccccc3CCN12. The lowest BCUT2D eigenvalue weighted by atomic mass is 9.86. The van der Waals surface area contributed by atoms with E-state index in [-0.39, 0.29) is 11.9 Å². The summed E-state index contributed by atoms with van der Waals surface area (Å²) in [6, 6.07) is 18.6. The second-order valence-electron chi connectivity index (χ2n) is 6.42. The lowest BCUT2D eigenvalue weighted by Gasteiger charge is -2.40. The molecule has 0 N–H and O–H groups in total. The summed E-state index contributed by atoms with van der Waals surface area (Å²) in [4.78, 5) is 15.0. The van der Waals surface area contributed by atoms with Gasteiger partial charge in [-0.05, 0) is 29.7 Å². The molecule has 3 heterocycles. The van der Waals surface area contributed by atoms with Crippen LogP contribution in [0.5, 0.6) is 0 Å². The molecule has 0 aliphatic carbocycles. The molecule has 0 fully saturated rings. The Morgan fingerprint density at radius 1 is 1.00 bits per heavy atom. The lowest BCUT2D eigenvalue weighted by Crippen LogP contribution is -2.44. The third-order valence-electron chi connectivity index (χ3n) is 5.16. The van der Waals surface area contributed by atoms with Gasteiger partial charge in [0.1, 0.15) is 0 Å². The highest BCUT2D eigenvalue weighted by atomic mass is 16.2. The van der Waals surface area contributed by atoms with Gasteiger partial charge in [0.25, 0.3) is 5.91 Å². The highest BCUT2D eigenvalue weighted by molar-refractivity contribution is 5.97. The summed E-state index contributed by atoms with van der Waals surface area (Å²) >= 11 is 0. The van der Waals surface area contributed by atoms with Gasteiger partial charge < -0.3 is 4.90 Å². The molecule has 4 nitrogen and oxygen atoms in total. The van der Waals surface area contributed by atoms with Crippen molar-refractivity contribution in [3.05, 3.63) is 83.2 Å². The quantitative estimate of drug-likeness (QED) is 0.692. The molecule has 0 saturated heterocycles. The van der Waals surface area contributed by atoms with Gasteiger partial charge in [-0.1, -0.05) is 42.5 Å². The average molecular weight is 315 g/mol. The van der Waals surface area contributed by atoms with Gasteiger partial charge in [-0.15, -0.1) is 0 Å². The second-order valence-corrected chi connectivity index (χ2v) is 6.42. The van der Waals surface area contributed by atoms with Crippen molar-refractivity contribution >= 4 is 5.91 Å². The summed E-state index contributed by atoms with van der Waals surface area (Å²) in [5.41, 5.74) is 5.41. The number of hydrogen-bond donors (Lipinski definition) is 0. The standard InChI is InChI=1S/C20H17N3O/c24-20-17-13-21-23(15-7-2-1-3-8-15)19(17)12-18-16-9-5-4-6-14(16)10-11-22(18)20/h1-9,13,18H,10-12H2/t18-/m1/s1. The first-order valence-electron chi connectivity index (χ1n) is 8.34. The van der Waals surface area contributed by atoms with E-state index in [4.69, 9.17) is 0 Å².